The molecule has 2 rings (SSSR count). The fourth-order valence-electron chi connectivity index (χ4n) is 2.78. The fourth-order valence-corrected chi connectivity index (χ4v) is 2.78. The van der Waals surface area contributed by atoms with Crippen molar-refractivity contribution in [3.8, 4) is 0 Å². The molecule has 2 fully saturated rings. The molecule has 0 bridgehead atoms. The van der Waals surface area contributed by atoms with Gasteiger partial charge in [0.25, 0.3) is 0 Å². The third kappa shape index (κ3) is 3.18. The topological polar surface area (TPSA) is 67.9 Å². The lowest BCUT2D eigenvalue weighted by atomic mass is 9.81. The van der Waals surface area contributed by atoms with E-state index in [-0.39, 0.29) is 12.0 Å². The van der Waals surface area contributed by atoms with Gasteiger partial charge in [0.2, 0.25) is 0 Å². The lowest BCUT2D eigenvalue weighted by Crippen LogP contribution is -2.60. The zero-order valence-corrected chi connectivity index (χ0v) is 11.4. The number of hydrogen-bond donors (Lipinski definition) is 1. The molecule has 2 aliphatic rings. The zero-order valence-electron chi connectivity index (χ0n) is 11.4. The number of carbonyl (C=O) groups is 2. The molecule has 108 valence electrons. The van der Waals surface area contributed by atoms with Gasteiger partial charge in [-0.25, -0.2) is 9.59 Å². The number of rotatable bonds is 2. The number of urea groups is 1. The van der Waals surface area contributed by atoms with Crippen LogP contribution in [-0.4, -0.2) is 55.9 Å². The van der Waals surface area contributed by atoms with Crippen LogP contribution in [-0.2, 0) is 14.3 Å². The van der Waals surface area contributed by atoms with Crippen molar-refractivity contribution in [2.24, 2.45) is 0 Å². The molecule has 19 heavy (non-hydrogen) atoms. The second-order valence-electron chi connectivity index (χ2n) is 5.16. The predicted molar refractivity (Wildman–Crippen MR) is 68.8 cm³/mol. The van der Waals surface area contributed by atoms with Crippen LogP contribution in [0.1, 0.15) is 32.1 Å². The molecule has 0 spiro atoms. The van der Waals surface area contributed by atoms with Crippen LogP contribution in [0.5, 0.6) is 0 Å². The summed E-state index contributed by atoms with van der Waals surface area (Å²) < 4.78 is 10.1. The first-order valence-corrected chi connectivity index (χ1v) is 6.91. The average Bonchev–Trinajstić information content (AvgIpc) is 2.48. The summed E-state index contributed by atoms with van der Waals surface area (Å²) in [7, 11) is 1.37. The van der Waals surface area contributed by atoms with Crippen LogP contribution < -0.4 is 5.32 Å². The average molecular weight is 270 g/mol. The Morgan fingerprint density at radius 1 is 1.16 bits per heavy atom. The number of methoxy groups -OCH3 is 1. The molecule has 6 heteroatoms. The molecule has 1 saturated carbocycles. The number of amides is 2. The molecule has 1 N–H and O–H groups in total. The van der Waals surface area contributed by atoms with E-state index >= 15 is 0 Å². The Kier molecular flexibility index (Phi) is 4.63. The molecule has 0 radical (unpaired) electrons. The molecular weight excluding hydrogens is 248 g/mol. The first kappa shape index (κ1) is 14.1. The molecule has 2 amide bonds. The maximum Gasteiger partial charge on any atom is 0.331 e. The number of nitrogens with one attached hydrogen (secondary N) is 1. The monoisotopic (exact) mass is 270 g/mol. The maximum atomic E-state index is 12.2. The van der Waals surface area contributed by atoms with Gasteiger partial charge in [-0.05, 0) is 12.8 Å². The summed E-state index contributed by atoms with van der Waals surface area (Å²) in [6, 6.07) is -0.185. The number of carbonyl (C=O) groups excluding carboxylic acids is 2. The number of morpholine rings is 1. The smallest absolute Gasteiger partial charge is 0.331 e. The van der Waals surface area contributed by atoms with Crippen molar-refractivity contribution in [2.75, 3.05) is 33.4 Å². The van der Waals surface area contributed by atoms with E-state index in [1.807, 2.05) is 0 Å². The SMILES string of the molecule is COC(=O)C1(NC(=O)N2CCOCC2)CCCCC1. The Balaban J connectivity index is 2.02. The van der Waals surface area contributed by atoms with Gasteiger partial charge in [0.15, 0.2) is 0 Å². The van der Waals surface area contributed by atoms with E-state index in [9.17, 15) is 9.59 Å². The highest BCUT2D eigenvalue weighted by Gasteiger charge is 2.42. The van der Waals surface area contributed by atoms with Crippen molar-refractivity contribution in [1.29, 1.82) is 0 Å². The Hall–Kier alpha value is -1.30. The van der Waals surface area contributed by atoms with Crippen molar-refractivity contribution < 1.29 is 19.1 Å². The van der Waals surface area contributed by atoms with Gasteiger partial charge in [0.1, 0.15) is 5.54 Å². The molecule has 0 unspecified atom stereocenters. The second kappa shape index (κ2) is 6.23. The largest absolute Gasteiger partial charge is 0.467 e. The Morgan fingerprint density at radius 3 is 2.37 bits per heavy atom. The zero-order chi connectivity index (χ0) is 13.7. The predicted octanol–water partition coefficient (Wildman–Crippen LogP) is 0.904. The molecule has 6 nitrogen and oxygen atoms in total. The molecule has 0 aromatic heterocycles. The summed E-state index contributed by atoms with van der Waals surface area (Å²) in [5, 5.41) is 2.91. The minimum absolute atomic E-state index is 0.185. The van der Waals surface area contributed by atoms with Gasteiger partial charge in [-0.15, -0.1) is 0 Å². The summed E-state index contributed by atoms with van der Waals surface area (Å²) in [4.78, 5) is 26.0. The van der Waals surface area contributed by atoms with Gasteiger partial charge in [0, 0.05) is 13.1 Å². The van der Waals surface area contributed by atoms with E-state index in [1.165, 1.54) is 7.11 Å². The first-order valence-electron chi connectivity index (χ1n) is 6.91. The fraction of sp³-hybridized carbons (Fsp3) is 0.846. The van der Waals surface area contributed by atoms with E-state index in [0.29, 0.717) is 39.1 Å². The Labute approximate surface area is 113 Å². The van der Waals surface area contributed by atoms with Crippen molar-refractivity contribution in [3.05, 3.63) is 0 Å². The molecule has 1 aliphatic heterocycles. The van der Waals surface area contributed by atoms with E-state index in [4.69, 9.17) is 9.47 Å². The van der Waals surface area contributed by atoms with Crippen LogP contribution in [0.15, 0.2) is 0 Å². The highest BCUT2D eigenvalue weighted by atomic mass is 16.5. The summed E-state index contributed by atoms with van der Waals surface area (Å²) in [5.74, 6) is -0.325. The molecule has 1 saturated heterocycles. The molecule has 1 heterocycles. The molecule has 1 aliphatic carbocycles. The Bertz CT molecular complexity index is 334. The lowest BCUT2D eigenvalue weighted by Gasteiger charge is -2.37. The Morgan fingerprint density at radius 2 is 1.79 bits per heavy atom. The van der Waals surface area contributed by atoms with E-state index < -0.39 is 5.54 Å². The van der Waals surface area contributed by atoms with Gasteiger partial charge >= 0.3 is 12.0 Å². The third-order valence-electron chi connectivity index (χ3n) is 3.93. The normalized spacial score (nSPS) is 22.7. The van der Waals surface area contributed by atoms with Gasteiger partial charge in [-0.2, -0.15) is 0 Å². The highest BCUT2D eigenvalue weighted by Crippen LogP contribution is 2.29. The third-order valence-corrected chi connectivity index (χ3v) is 3.93. The van der Waals surface area contributed by atoms with E-state index in [1.54, 1.807) is 4.90 Å². The number of esters is 1. The maximum absolute atomic E-state index is 12.2. The van der Waals surface area contributed by atoms with Gasteiger partial charge < -0.3 is 19.7 Å². The number of ether oxygens (including phenoxy) is 2. The summed E-state index contributed by atoms with van der Waals surface area (Å²) in [6.07, 6.45) is 4.31. The van der Waals surface area contributed by atoms with E-state index in [2.05, 4.69) is 5.32 Å². The van der Waals surface area contributed by atoms with Crippen LogP contribution in [0.25, 0.3) is 0 Å². The minimum atomic E-state index is -0.831. The molecule has 0 aromatic carbocycles. The van der Waals surface area contributed by atoms with Gasteiger partial charge in [-0.1, -0.05) is 19.3 Å². The van der Waals surface area contributed by atoms with Crippen molar-refractivity contribution in [1.82, 2.24) is 10.2 Å². The first-order chi connectivity index (χ1) is 9.18. The summed E-state index contributed by atoms with van der Waals surface area (Å²) in [6.45, 7) is 2.25. The molecule has 0 atom stereocenters. The van der Waals surface area contributed by atoms with Crippen molar-refractivity contribution in [3.63, 3.8) is 0 Å². The standard InChI is InChI=1S/C13H22N2O4/c1-18-11(16)13(5-3-2-4-6-13)14-12(17)15-7-9-19-10-8-15/h2-10H2,1H3,(H,14,17). The van der Waals surface area contributed by atoms with Gasteiger partial charge in [0.05, 0.1) is 20.3 Å². The summed E-state index contributed by atoms with van der Waals surface area (Å²) in [5.41, 5.74) is -0.831. The van der Waals surface area contributed by atoms with Crippen LogP contribution in [0.4, 0.5) is 4.79 Å². The van der Waals surface area contributed by atoms with Crippen LogP contribution in [0, 0.1) is 0 Å². The van der Waals surface area contributed by atoms with E-state index in [0.717, 1.165) is 19.3 Å². The second-order valence-corrected chi connectivity index (χ2v) is 5.16. The van der Waals surface area contributed by atoms with Crippen molar-refractivity contribution in [2.45, 2.75) is 37.6 Å². The molecule has 0 aromatic rings. The minimum Gasteiger partial charge on any atom is -0.467 e. The number of hydrogen-bond acceptors (Lipinski definition) is 4. The van der Waals surface area contributed by atoms with Crippen LogP contribution >= 0.6 is 0 Å². The van der Waals surface area contributed by atoms with Gasteiger partial charge in [-0.3, -0.25) is 0 Å². The quantitative estimate of drug-likeness (QED) is 0.757. The highest BCUT2D eigenvalue weighted by molar-refractivity contribution is 5.87. The lowest BCUT2D eigenvalue weighted by molar-refractivity contribution is -0.149. The number of nitrogens with zero attached hydrogens (tertiary/aromatic N) is 1. The summed E-state index contributed by atoms with van der Waals surface area (Å²) >= 11 is 0. The van der Waals surface area contributed by atoms with Crippen LogP contribution in [0.3, 0.4) is 0 Å². The van der Waals surface area contributed by atoms with Crippen LogP contribution in [0.2, 0.25) is 0 Å². The van der Waals surface area contributed by atoms with Crippen molar-refractivity contribution >= 4 is 12.0 Å². The molecular formula is C13H22N2O4.